The van der Waals surface area contributed by atoms with Gasteiger partial charge in [0.2, 0.25) is 0 Å². The van der Waals surface area contributed by atoms with E-state index in [4.69, 9.17) is 27.9 Å². The number of morpholine rings is 1. The maximum Gasteiger partial charge on any atom is 0.253 e. The molecule has 4 atom stereocenters. The van der Waals surface area contributed by atoms with E-state index in [0.29, 0.717) is 22.9 Å². The molecule has 0 unspecified atom stereocenters. The molecule has 1 aliphatic rings. The molecule has 0 aromatic heterocycles. The molecule has 0 aliphatic carbocycles. The van der Waals surface area contributed by atoms with Crippen molar-refractivity contribution in [3.05, 3.63) is 82.4 Å². The average Bonchev–Trinajstić information content (AvgIpc) is 2.72. The third kappa shape index (κ3) is 4.67. The lowest BCUT2D eigenvalue weighted by atomic mass is 9.89. The molecular formula is C23H25Cl2NO3. The summed E-state index contributed by atoms with van der Waals surface area (Å²) in [5.41, 5.74) is 1.76. The van der Waals surface area contributed by atoms with Gasteiger partial charge in [-0.25, -0.2) is 0 Å². The Morgan fingerprint density at radius 1 is 1.17 bits per heavy atom. The second kappa shape index (κ2) is 9.77. The third-order valence-corrected chi connectivity index (χ3v) is 5.76. The number of halogens is 2. The lowest BCUT2D eigenvalue weighted by Gasteiger charge is -2.47. The Kier molecular flexibility index (Phi) is 7.36. The van der Waals surface area contributed by atoms with Gasteiger partial charge in [-0.1, -0.05) is 60.5 Å². The molecule has 1 aliphatic heterocycles. The molecule has 0 saturated carbocycles. The number of rotatable bonds is 7. The Morgan fingerprint density at radius 3 is 2.48 bits per heavy atom. The van der Waals surface area contributed by atoms with Crippen LogP contribution < -0.4 is 0 Å². The first kappa shape index (κ1) is 21.8. The van der Waals surface area contributed by atoms with Gasteiger partial charge in [0, 0.05) is 16.5 Å². The summed E-state index contributed by atoms with van der Waals surface area (Å²) in [5, 5.41) is 11.2. The summed E-state index contributed by atoms with van der Waals surface area (Å²) in [5.74, 6) is -0.149. The van der Waals surface area contributed by atoms with Gasteiger partial charge in [0.25, 0.3) is 5.91 Å². The average molecular weight is 434 g/mol. The highest BCUT2D eigenvalue weighted by Crippen LogP contribution is 2.44. The number of ether oxygens (including phenoxy) is 1. The van der Waals surface area contributed by atoms with Gasteiger partial charge in [0.05, 0.1) is 18.7 Å². The number of aliphatic hydroxyl groups is 1. The van der Waals surface area contributed by atoms with Crippen LogP contribution in [0.3, 0.4) is 0 Å². The van der Waals surface area contributed by atoms with Crippen LogP contribution in [0.25, 0.3) is 0 Å². The minimum atomic E-state index is -0.666. The van der Waals surface area contributed by atoms with Gasteiger partial charge in [-0.05, 0) is 41.8 Å². The van der Waals surface area contributed by atoms with Crippen LogP contribution >= 0.6 is 23.2 Å². The molecule has 4 nitrogen and oxygen atoms in total. The van der Waals surface area contributed by atoms with Gasteiger partial charge in [-0.2, -0.15) is 0 Å². The second-order valence-corrected chi connectivity index (χ2v) is 7.98. The Balaban J connectivity index is 2.16. The molecule has 1 heterocycles. The predicted octanol–water partition coefficient (Wildman–Crippen LogP) is 5.35. The van der Waals surface area contributed by atoms with Crippen LogP contribution in [0.15, 0.2) is 61.2 Å². The first-order valence-corrected chi connectivity index (χ1v) is 10.5. The quantitative estimate of drug-likeness (QED) is 0.598. The minimum absolute atomic E-state index is 0.130. The van der Waals surface area contributed by atoms with Gasteiger partial charge >= 0.3 is 0 Å². The normalized spacial score (nSPS) is 23.1. The van der Waals surface area contributed by atoms with Crippen LogP contribution in [0.2, 0.25) is 10.0 Å². The second-order valence-electron chi connectivity index (χ2n) is 7.11. The van der Waals surface area contributed by atoms with Crippen molar-refractivity contribution in [3.8, 4) is 0 Å². The van der Waals surface area contributed by atoms with Crippen LogP contribution in [-0.4, -0.2) is 34.7 Å². The molecular weight excluding hydrogens is 409 g/mol. The highest BCUT2D eigenvalue weighted by Gasteiger charge is 2.45. The molecule has 0 spiro atoms. The zero-order chi connectivity index (χ0) is 21.0. The summed E-state index contributed by atoms with van der Waals surface area (Å²) in [6.45, 7) is 5.59. The molecule has 0 bridgehead atoms. The number of carbonyl (C=O) groups is 1. The van der Waals surface area contributed by atoms with Crippen LogP contribution in [0.5, 0.6) is 0 Å². The fourth-order valence-electron chi connectivity index (χ4n) is 3.83. The van der Waals surface area contributed by atoms with Crippen molar-refractivity contribution in [2.24, 2.45) is 0 Å². The fourth-order valence-corrected chi connectivity index (χ4v) is 4.15. The van der Waals surface area contributed by atoms with Gasteiger partial charge in [-0.15, -0.1) is 6.58 Å². The van der Waals surface area contributed by atoms with Crippen molar-refractivity contribution in [1.82, 2.24) is 4.90 Å². The maximum absolute atomic E-state index is 13.4. The Morgan fingerprint density at radius 2 is 1.90 bits per heavy atom. The Hall–Kier alpha value is -1.85. The van der Waals surface area contributed by atoms with Crippen molar-refractivity contribution in [2.75, 3.05) is 6.61 Å². The largest absolute Gasteiger partial charge is 0.394 e. The molecule has 29 heavy (non-hydrogen) atoms. The Labute approximate surface area is 181 Å². The first-order chi connectivity index (χ1) is 14.0. The van der Waals surface area contributed by atoms with E-state index in [1.807, 2.05) is 37.3 Å². The summed E-state index contributed by atoms with van der Waals surface area (Å²) in [6.07, 6.45) is 1.58. The number of hydrogen-bond acceptors (Lipinski definition) is 3. The fraction of sp³-hybridized carbons (Fsp3) is 0.348. The van der Waals surface area contributed by atoms with Crippen LogP contribution in [0.4, 0.5) is 0 Å². The highest BCUT2D eigenvalue weighted by molar-refractivity contribution is 6.30. The third-order valence-electron chi connectivity index (χ3n) is 5.27. The van der Waals surface area contributed by atoms with Crippen LogP contribution in [-0.2, 0) is 9.53 Å². The molecule has 0 radical (unpaired) electrons. The molecule has 1 fully saturated rings. The summed E-state index contributed by atoms with van der Waals surface area (Å²) >= 11 is 12.3. The molecule has 1 saturated heterocycles. The van der Waals surface area contributed by atoms with Crippen molar-refractivity contribution in [1.29, 1.82) is 0 Å². The van der Waals surface area contributed by atoms with E-state index in [2.05, 4.69) is 6.58 Å². The van der Waals surface area contributed by atoms with Gasteiger partial charge in [0.15, 0.2) is 0 Å². The molecule has 1 N–H and O–H groups in total. The number of carbonyl (C=O) groups excluding carboxylic acids is 1. The van der Waals surface area contributed by atoms with E-state index in [9.17, 15) is 9.90 Å². The summed E-state index contributed by atoms with van der Waals surface area (Å²) in [7, 11) is 0. The smallest absolute Gasteiger partial charge is 0.253 e. The van der Waals surface area contributed by atoms with Crippen molar-refractivity contribution in [2.45, 2.75) is 44.1 Å². The number of aliphatic hydroxyl groups excluding tert-OH is 1. The predicted molar refractivity (Wildman–Crippen MR) is 116 cm³/mol. The van der Waals surface area contributed by atoms with Crippen molar-refractivity contribution < 1.29 is 14.6 Å². The standard InChI is InChI=1S/C23H25Cl2NO3/c1-3-6-20-23(28)26(19(4-2)14-27)21(15-9-11-17(24)12-10-15)22(29-20)16-7-5-8-18(25)13-16/h3,5,7-13,19-22,27H,1,4,6,14H2,2H3/t19-,20-,21+,22+/m0/s1. The zero-order valence-electron chi connectivity index (χ0n) is 16.3. The molecule has 1 amide bonds. The van der Waals surface area contributed by atoms with Gasteiger partial charge in [0.1, 0.15) is 12.2 Å². The van der Waals surface area contributed by atoms with Crippen molar-refractivity contribution in [3.63, 3.8) is 0 Å². The van der Waals surface area contributed by atoms with Crippen LogP contribution in [0.1, 0.15) is 43.0 Å². The number of amides is 1. The van der Waals surface area contributed by atoms with E-state index < -0.39 is 18.2 Å². The Bertz CT molecular complexity index is 851. The van der Waals surface area contributed by atoms with E-state index in [1.54, 1.807) is 29.2 Å². The van der Waals surface area contributed by atoms with E-state index in [-0.39, 0.29) is 18.6 Å². The maximum atomic E-state index is 13.4. The lowest BCUT2D eigenvalue weighted by molar-refractivity contribution is -0.180. The monoisotopic (exact) mass is 433 g/mol. The zero-order valence-corrected chi connectivity index (χ0v) is 17.8. The summed E-state index contributed by atoms with van der Waals surface area (Å²) < 4.78 is 6.31. The number of benzene rings is 2. The van der Waals surface area contributed by atoms with Gasteiger partial charge < -0.3 is 14.7 Å². The van der Waals surface area contributed by atoms with Crippen molar-refractivity contribution >= 4 is 29.1 Å². The van der Waals surface area contributed by atoms with E-state index >= 15 is 0 Å². The first-order valence-electron chi connectivity index (χ1n) is 9.70. The van der Waals surface area contributed by atoms with E-state index in [0.717, 1.165) is 11.1 Å². The minimum Gasteiger partial charge on any atom is -0.394 e. The molecule has 154 valence electrons. The molecule has 2 aromatic carbocycles. The number of hydrogen-bond donors (Lipinski definition) is 1. The molecule has 3 rings (SSSR count). The van der Waals surface area contributed by atoms with E-state index in [1.165, 1.54) is 0 Å². The molecule has 2 aromatic rings. The topological polar surface area (TPSA) is 49.8 Å². The number of nitrogens with zero attached hydrogens (tertiary/aromatic N) is 1. The lowest BCUT2D eigenvalue weighted by Crippen LogP contribution is -2.55. The highest BCUT2D eigenvalue weighted by atomic mass is 35.5. The SMILES string of the molecule is C=CC[C@@H]1O[C@H](c2cccc(Cl)c2)[C@@H](c2ccc(Cl)cc2)N([C@@H](CC)CO)C1=O. The summed E-state index contributed by atoms with van der Waals surface area (Å²) in [4.78, 5) is 15.1. The molecule has 6 heteroatoms. The van der Waals surface area contributed by atoms with Crippen LogP contribution in [0, 0.1) is 0 Å². The van der Waals surface area contributed by atoms with Gasteiger partial charge in [-0.3, -0.25) is 4.79 Å². The summed E-state index contributed by atoms with van der Waals surface area (Å²) in [6, 6.07) is 14.1.